The van der Waals surface area contributed by atoms with Gasteiger partial charge in [-0.2, -0.15) is 0 Å². The van der Waals surface area contributed by atoms with Gasteiger partial charge < -0.3 is 28.8 Å². The summed E-state index contributed by atoms with van der Waals surface area (Å²) in [5, 5.41) is 3.24. The van der Waals surface area contributed by atoms with Crippen molar-refractivity contribution < 1.29 is 17.7 Å². The molecule has 156 valence electrons. The van der Waals surface area contributed by atoms with Gasteiger partial charge in [-0.3, -0.25) is 0 Å². The summed E-state index contributed by atoms with van der Waals surface area (Å²) in [6.45, 7) is 17.9. The van der Waals surface area contributed by atoms with Gasteiger partial charge in [-0.15, -0.1) is 0 Å². The molecule has 0 radical (unpaired) electrons. The van der Waals surface area contributed by atoms with Crippen molar-refractivity contribution >= 4 is 25.2 Å². The third-order valence-electron chi connectivity index (χ3n) is 3.15. The van der Waals surface area contributed by atoms with Gasteiger partial charge in [-0.25, -0.2) is 0 Å². The van der Waals surface area contributed by atoms with Crippen molar-refractivity contribution in [2.24, 2.45) is 5.73 Å². The maximum absolute atomic E-state index is 5.36. The Bertz CT molecular complexity index is 275. The normalized spacial score (nSPS) is 12.0. The van der Waals surface area contributed by atoms with Crippen molar-refractivity contribution in [2.45, 2.75) is 58.3 Å². The lowest BCUT2D eigenvalue weighted by molar-refractivity contribution is 0.248. The summed E-state index contributed by atoms with van der Waals surface area (Å²) >= 11 is 0. The van der Waals surface area contributed by atoms with Crippen molar-refractivity contribution in [3.63, 3.8) is 0 Å². The minimum absolute atomic E-state index is 0.611. The molecule has 0 aromatic carbocycles. The third kappa shape index (κ3) is 29.4. The van der Waals surface area contributed by atoms with Crippen LogP contribution < -0.4 is 11.1 Å². The molecule has 0 unspecified atom stereocenters. The molecule has 0 amide bonds. The fraction of sp³-hybridized carbons (Fsp3) is 1.00. The quantitative estimate of drug-likeness (QED) is 0.422. The summed E-state index contributed by atoms with van der Waals surface area (Å²) in [4.78, 5) is 0. The van der Waals surface area contributed by atoms with Gasteiger partial charge >= 0.3 is 17.1 Å². The van der Waals surface area contributed by atoms with E-state index in [1.807, 2.05) is 13.1 Å². The third-order valence-corrected chi connectivity index (χ3v) is 8.11. The van der Waals surface area contributed by atoms with Gasteiger partial charge in [0.1, 0.15) is 0 Å². The molecule has 0 aliphatic heterocycles. The molecule has 25 heavy (non-hydrogen) atoms. The zero-order chi connectivity index (χ0) is 20.6. The van der Waals surface area contributed by atoms with Crippen LogP contribution >= 0.6 is 0 Å². The number of rotatable bonds is 10. The predicted molar refractivity (Wildman–Crippen MR) is 118 cm³/mol. The highest BCUT2D eigenvalue weighted by molar-refractivity contribution is 6.74. The van der Waals surface area contributed by atoms with Crippen molar-refractivity contribution in [2.75, 3.05) is 48.1 Å². The Morgan fingerprint density at radius 2 is 1.12 bits per heavy atom. The van der Waals surface area contributed by atoms with E-state index in [1.54, 1.807) is 28.4 Å². The predicted octanol–water partition coefficient (Wildman–Crippen LogP) is 3.23. The summed E-state index contributed by atoms with van der Waals surface area (Å²) in [7, 11) is 2.71. The molecule has 0 heterocycles. The SMILES string of the molecule is CO[Si](C)(C)OC.CO[Si](C)(CCCNCCN)OC.C[Si](C)(C)C. The van der Waals surface area contributed by atoms with Crippen LogP contribution in [-0.2, 0) is 17.7 Å². The smallest absolute Gasteiger partial charge is 0.334 e. The summed E-state index contributed by atoms with van der Waals surface area (Å²) in [6, 6.07) is 1.03. The molecule has 0 aromatic heterocycles. The van der Waals surface area contributed by atoms with Crippen molar-refractivity contribution in [1.29, 1.82) is 0 Å². The number of nitrogens with one attached hydrogen (secondary N) is 1. The minimum Gasteiger partial charge on any atom is -0.398 e. The molecule has 9 heteroatoms. The average molecular weight is 415 g/mol. The fourth-order valence-corrected chi connectivity index (χ4v) is 2.69. The van der Waals surface area contributed by atoms with E-state index in [0.717, 1.165) is 25.6 Å². The highest BCUT2D eigenvalue weighted by Gasteiger charge is 2.27. The van der Waals surface area contributed by atoms with Crippen LogP contribution in [0.4, 0.5) is 0 Å². The first-order chi connectivity index (χ1) is 11.3. The first-order valence-electron chi connectivity index (χ1n) is 8.92. The van der Waals surface area contributed by atoms with Crippen LogP contribution in [0.15, 0.2) is 0 Å². The van der Waals surface area contributed by atoms with Gasteiger partial charge in [0, 0.05) is 49.6 Å². The largest absolute Gasteiger partial charge is 0.398 e. The van der Waals surface area contributed by atoms with Crippen LogP contribution in [0.3, 0.4) is 0 Å². The maximum atomic E-state index is 5.36. The van der Waals surface area contributed by atoms with Gasteiger partial charge in [0.15, 0.2) is 0 Å². The van der Waals surface area contributed by atoms with Gasteiger partial charge in [0.25, 0.3) is 0 Å². The molecule has 0 bridgehead atoms. The second-order valence-electron chi connectivity index (χ2n) is 7.99. The Hall–Kier alpha value is 0.411. The molecule has 0 rings (SSSR count). The Kier molecular flexibility index (Phi) is 20.0. The molecule has 0 fully saturated rings. The van der Waals surface area contributed by atoms with Crippen LogP contribution in [0.2, 0.25) is 51.9 Å². The van der Waals surface area contributed by atoms with Gasteiger partial charge in [-0.1, -0.05) is 26.2 Å². The molecule has 0 aliphatic rings. The van der Waals surface area contributed by atoms with Crippen LogP contribution in [0.1, 0.15) is 6.42 Å². The Morgan fingerprint density at radius 3 is 1.36 bits per heavy atom. The van der Waals surface area contributed by atoms with E-state index < -0.39 is 25.2 Å². The lowest BCUT2D eigenvalue weighted by Crippen LogP contribution is -2.37. The molecule has 0 aliphatic carbocycles. The van der Waals surface area contributed by atoms with Crippen molar-refractivity contribution in [3.8, 4) is 0 Å². The van der Waals surface area contributed by atoms with E-state index in [-0.39, 0.29) is 0 Å². The highest BCUT2D eigenvalue weighted by atomic mass is 28.4. The molecule has 0 saturated heterocycles. The summed E-state index contributed by atoms with van der Waals surface area (Å²) < 4.78 is 20.7. The fourth-order valence-electron chi connectivity index (χ4n) is 1.13. The molecule has 0 atom stereocenters. The van der Waals surface area contributed by atoms with Crippen LogP contribution in [0.5, 0.6) is 0 Å². The zero-order valence-electron chi connectivity index (χ0n) is 18.7. The average Bonchev–Trinajstić information content (AvgIpc) is 2.53. The molecular weight excluding hydrogens is 368 g/mol. The number of hydrogen-bond acceptors (Lipinski definition) is 6. The second-order valence-corrected chi connectivity index (χ2v) is 21.2. The van der Waals surface area contributed by atoms with Crippen LogP contribution in [-0.4, -0.2) is 73.3 Å². The topological polar surface area (TPSA) is 75.0 Å². The molecule has 3 N–H and O–H groups in total. The first-order valence-corrected chi connectivity index (χ1v) is 18.3. The number of nitrogens with two attached hydrogens (primary N) is 1. The second kappa shape index (κ2) is 16.6. The lowest BCUT2D eigenvalue weighted by atomic mass is 10.5. The summed E-state index contributed by atoms with van der Waals surface area (Å²) in [5.41, 5.74) is 5.35. The van der Waals surface area contributed by atoms with E-state index >= 15 is 0 Å². The van der Waals surface area contributed by atoms with E-state index in [0.29, 0.717) is 6.54 Å². The van der Waals surface area contributed by atoms with E-state index in [9.17, 15) is 0 Å². The Labute approximate surface area is 160 Å². The summed E-state index contributed by atoms with van der Waals surface area (Å²) in [5.74, 6) is 0. The van der Waals surface area contributed by atoms with E-state index in [4.69, 9.17) is 23.4 Å². The Balaban J connectivity index is -0.000000337. The number of hydrogen-bond donors (Lipinski definition) is 2. The van der Waals surface area contributed by atoms with Crippen LogP contribution in [0, 0.1) is 0 Å². The molecule has 0 saturated carbocycles. The maximum Gasteiger partial charge on any atom is 0.334 e. The molecule has 0 aromatic rings. The van der Waals surface area contributed by atoms with Gasteiger partial charge in [-0.05, 0) is 38.7 Å². The molecular formula is C16H46N2O4Si3. The minimum atomic E-state index is -1.83. The molecule has 6 nitrogen and oxygen atoms in total. The standard InChI is InChI=1S/C8H22N2O2Si.C4H12O2Si.C4H12Si/c1-11-13(3,12-2)8-4-6-10-7-5-9;1-5-7(3,4)6-2;1-5(2,3)4/h10H,4-9H2,1-3H3;1-4H3;1-4H3. The summed E-state index contributed by atoms with van der Waals surface area (Å²) in [6.07, 6.45) is 1.09. The zero-order valence-corrected chi connectivity index (χ0v) is 21.7. The van der Waals surface area contributed by atoms with Gasteiger partial charge in [0.05, 0.1) is 0 Å². The monoisotopic (exact) mass is 414 g/mol. The van der Waals surface area contributed by atoms with Crippen molar-refractivity contribution in [1.82, 2.24) is 5.32 Å². The van der Waals surface area contributed by atoms with E-state index in [2.05, 4.69) is 38.1 Å². The first kappa shape index (κ1) is 30.1. The van der Waals surface area contributed by atoms with Gasteiger partial charge in [0.2, 0.25) is 0 Å². The lowest BCUT2D eigenvalue weighted by Gasteiger charge is -2.22. The van der Waals surface area contributed by atoms with Crippen molar-refractivity contribution in [3.05, 3.63) is 0 Å². The van der Waals surface area contributed by atoms with E-state index in [1.165, 1.54) is 0 Å². The molecule has 0 spiro atoms. The Morgan fingerprint density at radius 1 is 0.720 bits per heavy atom. The van der Waals surface area contributed by atoms with Crippen LogP contribution in [0.25, 0.3) is 0 Å². The highest BCUT2D eigenvalue weighted by Crippen LogP contribution is 2.12.